The Kier molecular flexibility index (Phi) is 3.80. The zero-order valence-electron chi connectivity index (χ0n) is 13.8. The second-order valence-corrected chi connectivity index (χ2v) is 8.34. The molecular weight excluding hydrogens is 320 g/mol. The van der Waals surface area contributed by atoms with Crippen molar-refractivity contribution in [1.29, 1.82) is 0 Å². The molecule has 2 aliphatic carbocycles. The van der Waals surface area contributed by atoms with Crippen molar-refractivity contribution in [2.45, 2.75) is 30.1 Å². The van der Waals surface area contributed by atoms with Crippen LogP contribution >= 0.6 is 0 Å². The number of benzene rings is 1. The Morgan fingerprint density at radius 1 is 1.12 bits per heavy atom. The summed E-state index contributed by atoms with van der Waals surface area (Å²) in [5.74, 6) is 1.32. The highest BCUT2D eigenvalue weighted by molar-refractivity contribution is 7.85. The predicted molar refractivity (Wildman–Crippen MR) is 92.3 cm³/mol. The SMILES string of the molecule is Cc1ccc([S@](=O)c2ccoc2C(=O)[C@H]2[C@H](C)[C@H]3C=C[C@@H]2C3)cc1. The third kappa shape index (κ3) is 2.40. The summed E-state index contributed by atoms with van der Waals surface area (Å²) < 4.78 is 18.4. The van der Waals surface area contributed by atoms with E-state index >= 15 is 0 Å². The van der Waals surface area contributed by atoms with E-state index in [0.717, 1.165) is 12.0 Å². The van der Waals surface area contributed by atoms with Gasteiger partial charge in [0.1, 0.15) is 0 Å². The highest BCUT2D eigenvalue weighted by atomic mass is 32.2. The van der Waals surface area contributed by atoms with Gasteiger partial charge in [0.15, 0.2) is 5.76 Å². The summed E-state index contributed by atoms with van der Waals surface area (Å²) in [5, 5.41) is 0. The molecule has 1 aromatic heterocycles. The first kappa shape index (κ1) is 15.6. The summed E-state index contributed by atoms with van der Waals surface area (Å²) >= 11 is 0. The minimum Gasteiger partial charge on any atom is -0.460 e. The molecule has 4 heteroatoms. The van der Waals surface area contributed by atoms with Crippen molar-refractivity contribution >= 4 is 16.6 Å². The minimum atomic E-state index is -1.40. The fraction of sp³-hybridized carbons (Fsp3) is 0.350. The first-order valence-electron chi connectivity index (χ1n) is 8.34. The molecule has 1 saturated carbocycles. The van der Waals surface area contributed by atoms with Gasteiger partial charge in [-0.2, -0.15) is 0 Å². The van der Waals surface area contributed by atoms with Crippen LogP contribution in [0.4, 0.5) is 0 Å². The van der Waals surface area contributed by atoms with Crippen molar-refractivity contribution in [2.24, 2.45) is 23.7 Å². The quantitative estimate of drug-likeness (QED) is 0.612. The van der Waals surface area contributed by atoms with Crippen molar-refractivity contribution in [2.75, 3.05) is 0 Å². The van der Waals surface area contributed by atoms with E-state index in [2.05, 4.69) is 19.1 Å². The zero-order valence-corrected chi connectivity index (χ0v) is 14.6. The number of hydrogen-bond acceptors (Lipinski definition) is 3. The van der Waals surface area contributed by atoms with Crippen molar-refractivity contribution in [3.63, 3.8) is 0 Å². The number of allylic oxidation sites excluding steroid dienone is 2. The van der Waals surface area contributed by atoms with E-state index in [1.807, 2.05) is 31.2 Å². The number of furan rings is 1. The molecule has 2 bridgehead atoms. The summed E-state index contributed by atoms with van der Waals surface area (Å²) in [7, 11) is -1.40. The highest BCUT2D eigenvalue weighted by Gasteiger charge is 2.47. The normalized spacial score (nSPS) is 29.1. The third-order valence-corrected chi connectivity index (χ3v) is 6.86. The molecule has 2 aliphatic rings. The van der Waals surface area contributed by atoms with Gasteiger partial charge in [-0.05, 0) is 49.3 Å². The molecule has 0 spiro atoms. The van der Waals surface area contributed by atoms with Crippen molar-refractivity contribution in [1.82, 2.24) is 0 Å². The Balaban J connectivity index is 1.65. The van der Waals surface area contributed by atoms with Crippen molar-refractivity contribution in [3.05, 3.63) is 60.1 Å². The third-order valence-electron chi connectivity index (χ3n) is 5.44. The highest BCUT2D eigenvalue weighted by Crippen LogP contribution is 2.49. The van der Waals surface area contributed by atoms with Gasteiger partial charge in [-0.25, -0.2) is 4.21 Å². The van der Waals surface area contributed by atoms with Gasteiger partial charge >= 0.3 is 0 Å². The molecule has 5 atom stereocenters. The number of carbonyl (C=O) groups excluding carboxylic acids is 1. The van der Waals surface area contributed by atoms with Gasteiger partial charge < -0.3 is 4.42 Å². The standard InChI is InChI=1S/C20H20O3S/c1-12-3-7-16(8-4-12)24(22)17-9-10-23-20(17)19(21)18-13(2)14-5-6-15(18)11-14/h3-10,13-15,18H,11H2,1-2H3/t13-,14+,15-,18+,24+/m1/s1. The zero-order chi connectivity index (χ0) is 16.8. The van der Waals surface area contributed by atoms with Crippen molar-refractivity contribution < 1.29 is 13.4 Å². The van der Waals surface area contributed by atoms with Crippen LogP contribution in [-0.2, 0) is 10.8 Å². The molecule has 1 aromatic carbocycles. The molecule has 0 radical (unpaired) electrons. The molecule has 0 amide bonds. The second-order valence-electron chi connectivity index (χ2n) is 6.89. The summed E-state index contributed by atoms with van der Waals surface area (Å²) in [6, 6.07) is 9.21. The molecule has 0 unspecified atom stereocenters. The van der Waals surface area contributed by atoms with Crippen LogP contribution < -0.4 is 0 Å². The first-order chi connectivity index (χ1) is 11.6. The molecule has 124 valence electrons. The van der Waals surface area contributed by atoms with E-state index in [4.69, 9.17) is 4.42 Å². The maximum absolute atomic E-state index is 13.1. The number of carbonyl (C=O) groups is 1. The fourth-order valence-electron chi connectivity index (χ4n) is 4.07. The van der Waals surface area contributed by atoms with Gasteiger partial charge in [0, 0.05) is 10.8 Å². The Hall–Kier alpha value is -1.94. The summed E-state index contributed by atoms with van der Waals surface area (Å²) in [6.45, 7) is 4.12. The van der Waals surface area contributed by atoms with Crippen LogP contribution in [0, 0.1) is 30.6 Å². The average molecular weight is 340 g/mol. The van der Waals surface area contributed by atoms with Crippen LogP contribution in [0.25, 0.3) is 0 Å². The van der Waals surface area contributed by atoms with Crippen LogP contribution in [0.3, 0.4) is 0 Å². The van der Waals surface area contributed by atoms with E-state index in [1.165, 1.54) is 6.26 Å². The lowest BCUT2D eigenvalue weighted by Gasteiger charge is -2.22. The van der Waals surface area contributed by atoms with Gasteiger partial charge in [-0.3, -0.25) is 4.79 Å². The Morgan fingerprint density at radius 2 is 1.83 bits per heavy atom. The van der Waals surface area contributed by atoms with Crippen molar-refractivity contribution in [3.8, 4) is 0 Å². The molecule has 3 nitrogen and oxygen atoms in total. The molecule has 0 N–H and O–H groups in total. The van der Waals surface area contributed by atoms with E-state index in [0.29, 0.717) is 27.5 Å². The lowest BCUT2D eigenvalue weighted by Crippen LogP contribution is -2.26. The number of rotatable bonds is 4. The number of fused-ring (bicyclic) bond motifs is 2. The van der Waals surface area contributed by atoms with Crippen LogP contribution in [0.15, 0.2) is 63.0 Å². The van der Waals surface area contributed by atoms with E-state index < -0.39 is 10.8 Å². The molecular formula is C20H20O3S. The lowest BCUT2D eigenvalue weighted by molar-refractivity contribution is 0.0832. The number of ketones is 1. The number of hydrogen-bond donors (Lipinski definition) is 0. The molecule has 0 saturated heterocycles. The first-order valence-corrected chi connectivity index (χ1v) is 9.49. The topological polar surface area (TPSA) is 47.3 Å². The Bertz CT molecular complexity index is 831. The van der Waals surface area contributed by atoms with Crippen LogP contribution in [0.1, 0.15) is 29.5 Å². The fourth-order valence-corrected chi connectivity index (χ4v) is 5.20. The lowest BCUT2D eigenvalue weighted by atomic mass is 9.81. The van der Waals surface area contributed by atoms with Gasteiger partial charge in [-0.15, -0.1) is 0 Å². The average Bonchev–Trinajstić information content (AvgIpc) is 3.30. The van der Waals surface area contributed by atoms with Crippen LogP contribution in [-0.4, -0.2) is 9.99 Å². The Morgan fingerprint density at radius 3 is 2.50 bits per heavy atom. The number of aryl methyl sites for hydroxylation is 1. The minimum absolute atomic E-state index is 0.000174. The van der Waals surface area contributed by atoms with E-state index in [-0.39, 0.29) is 17.5 Å². The van der Waals surface area contributed by atoms with Gasteiger partial charge in [0.05, 0.1) is 22.0 Å². The molecule has 2 aromatic rings. The van der Waals surface area contributed by atoms with Gasteiger partial charge in [0.2, 0.25) is 5.78 Å². The monoisotopic (exact) mass is 340 g/mol. The molecule has 1 heterocycles. The number of Topliss-reactive ketones (excluding diaryl/α,β-unsaturated/α-hetero) is 1. The maximum atomic E-state index is 13.1. The second kappa shape index (κ2) is 5.85. The van der Waals surface area contributed by atoms with E-state index in [1.54, 1.807) is 6.07 Å². The smallest absolute Gasteiger partial charge is 0.203 e. The molecule has 0 aliphatic heterocycles. The summed E-state index contributed by atoms with van der Waals surface area (Å²) in [6.07, 6.45) is 6.91. The van der Waals surface area contributed by atoms with Gasteiger partial charge in [0.25, 0.3) is 0 Å². The van der Waals surface area contributed by atoms with E-state index in [9.17, 15) is 9.00 Å². The molecule has 1 fully saturated rings. The van der Waals surface area contributed by atoms with Crippen LogP contribution in [0.5, 0.6) is 0 Å². The van der Waals surface area contributed by atoms with Gasteiger partial charge in [-0.1, -0.05) is 36.8 Å². The van der Waals surface area contributed by atoms with Crippen LogP contribution in [0.2, 0.25) is 0 Å². The molecule has 4 rings (SSSR count). The predicted octanol–water partition coefficient (Wildman–Crippen LogP) is 4.40. The summed E-state index contributed by atoms with van der Waals surface area (Å²) in [4.78, 5) is 14.2. The largest absolute Gasteiger partial charge is 0.460 e. The summed E-state index contributed by atoms with van der Waals surface area (Å²) in [5.41, 5.74) is 1.11. The Labute approximate surface area is 144 Å². The maximum Gasteiger partial charge on any atom is 0.203 e. The molecule has 24 heavy (non-hydrogen) atoms.